The predicted octanol–water partition coefficient (Wildman–Crippen LogP) is 4.98. The minimum absolute atomic E-state index is 0.115. The number of methoxy groups -OCH3 is 2. The van der Waals surface area contributed by atoms with Gasteiger partial charge in [-0.2, -0.15) is 13.2 Å². The van der Waals surface area contributed by atoms with Crippen molar-refractivity contribution in [1.29, 1.82) is 0 Å². The number of nitrogens with one attached hydrogen (secondary N) is 1. The zero-order chi connectivity index (χ0) is 17.7. The van der Waals surface area contributed by atoms with E-state index in [9.17, 15) is 18.0 Å². The Kier molecular flexibility index (Phi) is 7.53. The number of hydrogen-bond donors (Lipinski definition) is 1. The van der Waals surface area contributed by atoms with Gasteiger partial charge >= 0.3 is 12.1 Å². The summed E-state index contributed by atoms with van der Waals surface area (Å²) in [6.07, 6.45) is -4.61. The molecule has 0 unspecified atom stereocenters. The van der Waals surface area contributed by atoms with Crippen LogP contribution in [-0.4, -0.2) is 32.8 Å². The molecule has 0 fully saturated rings. The molecule has 0 radical (unpaired) electrons. The van der Waals surface area contributed by atoms with E-state index in [-0.39, 0.29) is 13.0 Å². The zero-order valence-electron chi connectivity index (χ0n) is 12.4. The highest BCUT2D eigenvalue weighted by Crippen LogP contribution is 2.63. The summed E-state index contributed by atoms with van der Waals surface area (Å²) in [7, 11) is 10.8. The first kappa shape index (κ1) is 20.1. The van der Waals surface area contributed by atoms with Gasteiger partial charge in [0.05, 0.1) is 19.1 Å². The number of carbonyl (C=O) groups is 1. The Morgan fingerprint density at radius 2 is 1.79 bits per heavy atom. The third-order valence-corrected chi connectivity index (χ3v) is 11.4. The Morgan fingerprint density at radius 3 is 2.38 bits per heavy atom. The molecular weight excluding hydrogens is 424 g/mol. The van der Waals surface area contributed by atoms with Gasteiger partial charge in [-0.3, -0.25) is 4.79 Å². The average molecular weight is 437 g/mol. The molecule has 1 aliphatic rings. The molecular formula is C12H12F3NO3S5. The van der Waals surface area contributed by atoms with Crippen LogP contribution in [-0.2, 0) is 11.2 Å². The quantitative estimate of drug-likeness (QED) is 0.512. The Hall–Kier alpha value is -0.170. The molecule has 0 aromatic heterocycles. The lowest BCUT2D eigenvalue weighted by Gasteiger charge is -2.17. The molecule has 1 aromatic rings. The molecule has 24 heavy (non-hydrogen) atoms. The Labute approximate surface area is 155 Å². The first-order valence-electron chi connectivity index (χ1n) is 6.36. The van der Waals surface area contributed by atoms with Gasteiger partial charge in [-0.05, 0) is 69.1 Å². The summed E-state index contributed by atoms with van der Waals surface area (Å²) in [5, 5.41) is 1.89. The van der Waals surface area contributed by atoms with Crippen LogP contribution in [0.15, 0.2) is 15.9 Å². The van der Waals surface area contributed by atoms with Crippen LogP contribution in [0.3, 0.4) is 0 Å². The zero-order valence-corrected chi connectivity index (χ0v) is 16.5. The van der Waals surface area contributed by atoms with Crippen molar-refractivity contribution in [2.45, 2.75) is 22.4 Å². The smallest absolute Gasteiger partial charge is 0.471 e. The van der Waals surface area contributed by atoms with E-state index in [1.54, 1.807) is 42.7 Å². The summed E-state index contributed by atoms with van der Waals surface area (Å²) < 4.78 is 47.5. The molecule has 0 aliphatic carbocycles. The molecule has 0 bridgehead atoms. The summed E-state index contributed by atoms with van der Waals surface area (Å²) in [5.74, 6) is -0.820. The fraction of sp³-hybridized carbons (Fsp3) is 0.417. The third-order valence-electron chi connectivity index (χ3n) is 2.88. The van der Waals surface area contributed by atoms with Crippen molar-refractivity contribution in [2.24, 2.45) is 0 Å². The predicted molar refractivity (Wildman–Crippen MR) is 96.8 cm³/mol. The van der Waals surface area contributed by atoms with Crippen LogP contribution in [0.1, 0.15) is 5.56 Å². The highest BCUT2D eigenvalue weighted by Gasteiger charge is 2.38. The van der Waals surface area contributed by atoms with Crippen molar-refractivity contribution >= 4 is 57.0 Å². The molecule has 1 N–H and O–H groups in total. The number of rotatable bonds is 5. The number of hydrogen-bond acceptors (Lipinski definition) is 8. The molecule has 0 spiro atoms. The van der Waals surface area contributed by atoms with Crippen LogP contribution in [0.2, 0.25) is 0 Å². The number of fused-ring (bicyclic) bond motifs is 1. The molecule has 12 heteroatoms. The van der Waals surface area contributed by atoms with Gasteiger partial charge in [0.15, 0.2) is 11.5 Å². The second kappa shape index (κ2) is 8.97. The standard InChI is InChI=1S/C12H12F3NO3S5/c1-18-7-5-6(3-4-16-11(17)12(13,14)15)9-10(8(7)19-2)21-23-24-22-20-9/h5H,3-4H2,1-2H3,(H,16,17)/i2+1. The summed E-state index contributed by atoms with van der Waals surface area (Å²) in [4.78, 5) is 12.7. The second-order valence-electron chi connectivity index (χ2n) is 4.30. The number of halogens is 3. The van der Waals surface area contributed by atoms with Crippen molar-refractivity contribution in [2.75, 3.05) is 20.8 Å². The summed E-state index contributed by atoms with van der Waals surface area (Å²) >= 11 is 0. The summed E-state index contributed by atoms with van der Waals surface area (Å²) in [5.41, 5.74) is 0.804. The Bertz CT molecular complexity index is 615. The van der Waals surface area contributed by atoms with Crippen LogP contribution in [0.5, 0.6) is 11.5 Å². The van der Waals surface area contributed by atoms with Crippen LogP contribution in [0.4, 0.5) is 13.2 Å². The van der Waals surface area contributed by atoms with E-state index in [4.69, 9.17) is 9.47 Å². The third kappa shape index (κ3) is 4.93. The first-order valence-corrected chi connectivity index (χ1v) is 12.5. The lowest BCUT2D eigenvalue weighted by Crippen LogP contribution is -2.37. The molecule has 2 rings (SSSR count). The monoisotopic (exact) mass is 436 g/mol. The summed E-state index contributed by atoms with van der Waals surface area (Å²) in [6.45, 7) is -0.115. The Morgan fingerprint density at radius 1 is 1.12 bits per heavy atom. The lowest BCUT2D eigenvalue weighted by atomic mass is 10.1. The largest absolute Gasteiger partial charge is 0.493 e. The van der Waals surface area contributed by atoms with E-state index in [1.807, 2.05) is 5.32 Å². The van der Waals surface area contributed by atoms with E-state index >= 15 is 0 Å². The normalized spacial score (nSPS) is 14.5. The molecule has 0 atom stereocenters. The topological polar surface area (TPSA) is 47.6 Å². The molecule has 134 valence electrons. The van der Waals surface area contributed by atoms with Crippen molar-refractivity contribution < 1.29 is 27.4 Å². The number of amides is 1. The molecule has 1 heterocycles. The second-order valence-corrected chi connectivity index (χ2v) is 11.8. The minimum atomic E-state index is -4.87. The van der Waals surface area contributed by atoms with E-state index in [2.05, 4.69) is 0 Å². The number of ether oxygens (including phenoxy) is 2. The van der Waals surface area contributed by atoms with Gasteiger partial charge in [-0.15, -0.1) is 0 Å². The van der Waals surface area contributed by atoms with Crippen molar-refractivity contribution in [3.63, 3.8) is 0 Å². The minimum Gasteiger partial charge on any atom is -0.493 e. The SMILES string of the molecule is COc1cc(CCNC(=O)C(F)(F)F)c2c(c1O[13CH3])SSSSS2. The van der Waals surface area contributed by atoms with Gasteiger partial charge < -0.3 is 14.8 Å². The fourth-order valence-electron chi connectivity index (χ4n) is 1.87. The number of carbonyl (C=O) groups excluding carboxylic acids is 1. The molecule has 1 aromatic carbocycles. The van der Waals surface area contributed by atoms with Crippen LogP contribution < -0.4 is 14.8 Å². The van der Waals surface area contributed by atoms with E-state index in [0.717, 1.165) is 15.4 Å². The molecule has 1 amide bonds. The molecule has 0 saturated heterocycles. The number of benzene rings is 1. The van der Waals surface area contributed by atoms with Gasteiger partial charge in [0, 0.05) is 11.4 Å². The fourth-order valence-corrected chi connectivity index (χ4v) is 11.1. The van der Waals surface area contributed by atoms with E-state index in [0.29, 0.717) is 11.5 Å². The van der Waals surface area contributed by atoms with E-state index in [1.165, 1.54) is 28.7 Å². The van der Waals surface area contributed by atoms with Gasteiger partial charge in [0.1, 0.15) is 0 Å². The maximum Gasteiger partial charge on any atom is 0.471 e. The molecule has 4 nitrogen and oxygen atoms in total. The van der Waals surface area contributed by atoms with Crippen molar-refractivity contribution in [3.8, 4) is 11.5 Å². The van der Waals surface area contributed by atoms with Crippen molar-refractivity contribution in [1.82, 2.24) is 5.32 Å². The van der Waals surface area contributed by atoms with E-state index < -0.39 is 12.1 Å². The highest BCUT2D eigenvalue weighted by atomic mass is 33.8. The number of alkyl halides is 3. The first-order chi connectivity index (χ1) is 11.4. The maximum atomic E-state index is 12.3. The maximum absolute atomic E-state index is 12.3. The van der Waals surface area contributed by atoms with Gasteiger partial charge in [0.2, 0.25) is 0 Å². The average Bonchev–Trinajstić information content (AvgIpc) is 2.79. The van der Waals surface area contributed by atoms with Crippen LogP contribution in [0.25, 0.3) is 0 Å². The Balaban J connectivity index is 2.24. The highest BCUT2D eigenvalue weighted by molar-refractivity contribution is 9.36. The van der Waals surface area contributed by atoms with Gasteiger partial charge in [-0.1, -0.05) is 0 Å². The lowest BCUT2D eigenvalue weighted by molar-refractivity contribution is -0.173. The molecule has 0 saturated carbocycles. The van der Waals surface area contributed by atoms with Crippen LogP contribution >= 0.6 is 51.1 Å². The summed E-state index contributed by atoms with van der Waals surface area (Å²) in [6, 6.07) is 1.74. The van der Waals surface area contributed by atoms with Crippen LogP contribution in [0, 0.1) is 0 Å². The van der Waals surface area contributed by atoms with Gasteiger partial charge in [-0.25, -0.2) is 0 Å². The van der Waals surface area contributed by atoms with Crippen molar-refractivity contribution in [3.05, 3.63) is 11.6 Å². The molecule has 1 aliphatic heterocycles. The van der Waals surface area contributed by atoms with Gasteiger partial charge in [0.25, 0.3) is 0 Å².